The monoisotopic (exact) mass is 174 g/mol. The first-order valence-electron chi connectivity index (χ1n) is 3.71. The number of nitrogens with one attached hydrogen (secondary N) is 1. The lowest BCUT2D eigenvalue weighted by atomic mass is 10.0. The summed E-state index contributed by atoms with van der Waals surface area (Å²) in [4.78, 5) is 2.63. The van der Waals surface area contributed by atoms with Gasteiger partial charge in [0.05, 0.1) is 25.2 Å². The van der Waals surface area contributed by atoms with Crippen LogP contribution in [0.4, 0.5) is 0 Å². The molecule has 0 amide bonds. The molecule has 62 valence electrons. The molecule has 1 aliphatic rings. The summed E-state index contributed by atoms with van der Waals surface area (Å²) in [6.07, 6.45) is 2.55. The predicted octanol–water partition coefficient (Wildman–Crippen LogP) is 1.19. The van der Waals surface area contributed by atoms with Crippen LogP contribution in [0.15, 0.2) is 0 Å². The van der Waals surface area contributed by atoms with Gasteiger partial charge in [0.25, 0.3) is 0 Å². The van der Waals surface area contributed by atoms with Crippen molar-refractivity contribution in [2.24, 2.45) is 0 Å². The van der Waals surface area contributed by atoms with Gasteiger partial charge in [0.2, 0.25) is 0 Å². The van der Waals surface area contributed by atoms with Crippen LogP contribution >= 0.6 is 11.8 Å². The number of rotatable bonds is 2. The Labute approximate surface area is 71.4 Å². The summed E-state index contributed by atoms with van der Waals surface area (Å²) in [5.74, 6) is 0. The summed E-state index contributed by atoms with van der Waals surface area (Å²) < 4.78 is 5.35. The molecule has 0 aliphatic carbocycles. The second kappa shape index (κ2) is 4.55. The SMILES string of the molecule is N#CCC1CCC(NCl)CO1. The lowest BCUT2D eigenvalue weighted by Crippen LogP contribution is -2.35. The maximum Gasteiger partial charge on any atom is 0.0706 e. The highest BCUT2D eigenvalue weighted by Gasteiger charge is 2.20. The van der Waals surface area contributed by atoms with Gasteiger partial charge in [-0.1, -0.05) is 0 Å². The Hall–Kier alpha value is -0.300. The summed E-state index contributed by atoms with van der Waals surface area (Å²) in [6, 6.07) is 2.35. The van der Waals surface area contributed by atoms with Gasteiger partial charge in [0, 0.05) is 6.04 Å². The molecule has 11 heavy (non-hydrogen) atoms. The van der Waals surface area contributed by atoms with E-state index in [1.54, 1.807) is 0 Å². The van der Waals surface area contributed by atoms with Gasteiger partial charge in [0.15, 0.2) is 0 Å². The van der Waals surface area contributed by atoms with Gasteiger partial charge in [0.1, 0.15) is 0 Å². The topological polar surface area (TPSA) is 45.0 Å². The first kappa shape index (κ1) is 8.79. The fraction of sp³-hybridized carbons (Fsp3) is 0.857. The van der Waals surface area contributed by atoms with E-state index in [1.807, 2.05) is 0 Å². The first-order chi connectivity index (χ1) is 5.36. The highest BCUT2D eigenvalue weighted by Crippen LogP contribution is 2.15. The molecule has 1 saturated heterocycles. The standard InChI is InChI=1S/C7H11ClN2O/c8-10-6-1-2-7(3-4-9)11-5-6/h6-7,10H,1-3,5H2. The van der Waals surface area contributed by atoms with E-state index in [4.69, 9.17) is 21.8 Å². The highest BCUT2D eigenvalue weighted by molar-refractivity contribution is 6.13. The van der Waals surface area contributed by atoms with Gasteiger partial charge in [-0.05, 0) is 24.6 Å². The van der Waals surface area contributed by atoms with Crippen LogP contribution in [0, 0.1) is 11.3 Å². The highest BCUT2D eigenvalue weighted by atomic mass is 35.5. The molecule has 0 aromatic rings. The fourth-order valence-corrected chi connectivity index (χ4v) is 1.33. The normalized spacial score (nSPS) is 31.3. The molecular weight excluding hydrogens is 164 g/mol. The predicted molar refractivity (Wildman–Crippen MR) is 42.0 cm³/mol. The lowest BCUT2D eigenvalue weighted by Gasteiger charge is -2.26. The zero-order chi connectivity index (χ0) is 8.10. The minimum absolute atomic E-state index is 0.126. The summed E-state index contributed by atoms with van der Waals surface area (Å²) in [6.45, 7) is 0.621. The van der Waals surface area contributed by atoms with Crippen molar-refractivity contribution in [1.29, 1.82) is 5.26 Å². The molecule has 1 aliphatic heterocycles. The van der Waals surface area contributed by atoms with Crippen molar-refractivity contribution >= 4 is 11.8 Å². The second-order valence-electron chi connectivity index (χ2n) is 2.70. The smallest absolute Gasteiger partial charge is 0.0706 e. The van der Waals surface area contributed by atoms with Crippen LogP contribution in [0.25, 0.3) is 0 Å². The molecular formula is C7H11ClN2O. The molecule has 0 bridgehead atoms. The zero-order valence-electron chi connectivity index (χ0n) is 6.22. The molecule has 1 heterocycles. The second-order valence-corrected chi connectivity index (χ2v) is 2.92. The molecule has 0 saturated carbocycles. The maximum atomic E-state index is 8.37. The number of hydrogen-bond donors (Lipinski definition) is 1. The molecule has 1 N–H and O–H groups in total. The summed E-state index contributed by atoms with van der Waals surface area (Å²) in [5, 5.41) is 8.37. The van der Waals surface area contributed by atoms with Crippen LogP contribution in [-0.2, 0) is 4.74 Å². The van der Waals surface area contributed by atoms with Crippen LogP contribution in [0.5, 0.6) is 0 Å². The molecule has 0 aromatic carbocycles. The van der Waals surface area contributed by atoms with Gasteiger partial charge in [-0.15, -0.1) is 0 Å². The third kappa shape index (κ3) is 2.66. The molecule has 4 heteroatoms. The molecule has 2 unspecified atom stereocenters. The van der Waals surface area contributed by atoms with Crippen molar-refractivity contribution in [2.75, 3.05) is 6.61 Å². The molecule has 3 nitrogen and oxygen atoms in total. The third-order valence-electron chi connectivity index (χ3n) is 1.84. The van der Waals surface area contributed by atoms with E-state index in [9.17, 15) is 0 Å². The van der Waals surface area contributed by atoms with E-state index in [1.165, 1.54) is 0 Å². The minimum Gasteiger partial charge on any atom is -0.375 e. The molecule has 2 atom stereocenters. The quantitative estimate of drug-likeness (QED) is 0.640. The molecule has 0 radical (unpaired) electrons. The summed E-state index contributed by atoms with van der Waals surface area (Å²) in [7, 11) is 0. The fourth-order valence-electron chi connectivity index (χ4n) is 1.15. The average Bonchev–Trinajstić information content (AvgIpc) is 2.07. The van der Waals surface area contributed by atoms with Crippen LogP contribution in [0.1, 0.15) is 19.3 Å². The molecule has 1 fully saturated rings. The first-order valence-corrected chi connectivity index (χ1v) is 4.09. The van der Waals surface area contributed by atoms with Crippen molar-refractivity contribution in [3.8, 4) is 6.07 Å². The Bertz CT molecular complexity index is 149. The number of hydrogen-bond acceptors (Lipinski definition) is 3. The Morgan fingerprint density at radius 2 is 2.45 bits per heavy atom. The van der Waals surface area contributed by atoms with E-state index < -0.39 is 0 Å². The van der Waals surface area contributed by atoms with Crippen molar-refractivity contribution in [1.82, 2.24) is 4.84 Å². The maximum absolute atomic E-state index is 8.37. The molecule has 1 rings (SSSR count). The Kier molecular flexibility index (Phi) is 3.64. The molecule has 0 spiro atoms. The van der Waals surface area contributed by atoms with Crippen LogP contribution < -0.4 is 4.84 Å². The average molecular weight is 175 g/mol. The van der Waals surface area contributed by atoms with E-state index >= 15 is 0 Å². The lowest BCUT2D eigenvalue weighted by molar-refractivity contribution is 0.00535. The molecule has 0 aromatic heterocycles. The number of halogens is 1. The van der Waals surface area contributed by atoms with Crippen molar-refractivity contribution in [2.45, 2.75) is 31.4 Å². The Balaban J connectivity index is 2.20. The van der Waals surface area contributed by atoms with Crippen molar-refractivity contribution in [3.05, 3.63) is 0 Å². The van der Waals surface area contributed by atoms with E-state index in [0.29, 0.717) is 13.0 Å². The van der Waals surface area contributed by atoms with E-state index in [2.05, 4.69) is 10.9 Å². The van der Waals surface area contributed by atoms with Gasteiger partial charge in [-0.2, -0.15) is 5.26 Å². The van der Waals surface area contributed by atoms with Gasteiger partial charge < -0.3 is 4.74 Å². The summed E-state index contributed by atoms with van der Waals surface area (Å²) in [5.41, 5.74) is 0. The number of nitriles is 1. The van der Waals surface area contributed by atoms with Gasteiger partial charge in [-0.25, -0.2) is 4.84 Å². The van der Waals surface area contributed by atoms with E-state index in [-0.39, 0.29) is 12.1 Å². The van der Waals surface area contributed by atoms with Gasteiger partial charge >= 0.3 is 0 Å². The summed E-state index contributed by atoms with van der Waals surface area (Å²) >= 11 is 5.41. The number of nitrogens with zero attached hydrogens (tertiary/aromatic N) is 1. The Morgan fingerprint density at radius 1 is 1.64 bits per heavy atom. The van der Waals surface area contributed by atoms with Crippen LogP contribution in [0.3, 0.4) is 0 Å². The van der Waals surface area contributed by atoms with Gasteiger partial charge in [-0.3, -0.25) is 0 Å². The minimum atomic E-state index is 0.126. The van der Waals surface area contributed by atoms with Crippen LogP contribution in [0.2, 0.25) is 0 Å². The Morgan fingerprint density at radius 3 is 2.91 bits per heavy atom. The van der Waals surface area contributed by atoms with Crippen molar-refractivity contribution < 1.29 is 4.74 Å². The van der Waals surface area contributed by atoms with Crippen LogP contribution in [-0.4, -0.2) is 18.8 Å². The van der Waals surface area contributed by atoms with Crippen molar-refractivity contribution in [3.63, 3.8) is 0 Å². The largest absolute Gasteiger partial charge is 0.375 e. The van der Waals surface area contributed by atoms with E-state index in [0.717, 1.165) is 12.8 Å². The number of ether oxygens (including phenoxy) is 1. The third-order valence-corrected chi connectivity index (χ3v) is 2.15. The zero-order valence-corrected chi connectivity index (χ0v) is 6.97.